The molecule has 0 spiro atoms. The zero-order chi connectivity index (χ0) is 21.3. The lowest BCUT2D eigenvalue weighted by atomic mass is 9.89. The van der Waals surface area contributed by atoms with Crippen molar-refractivity contribution >= 4 is 17.5 Å². The van der Waals surface area contributed by atoms with Gasteiger partial charge >= 0.3 is 0 Å². The molecule has 0 radical (unpaired) electrons. The van der Waals surface area contributed by atoms with E-state index in [9.17, 15) is 20.0 Å². The minimum Gasteiger partial charge on any atom is -0.508 e. The molecule has 0 saturated heterocycles. The van der Waals surface area contributed by atoms with Crippen molar-refractivity contribution in [3.05, 3.63) is 99.1 Å². The van der Waals surface area contributed by atoms with Gasteiger partial charge in [0.1, 0.15) is 17.2 Å². The number of carbonyl (C=O) groups is 1. The highest BCUT2D eigenvalue weighted by Gasteiger charge is 2.34. The molecule has 4 rings (SSSR count). The van der Waals surface area contributed by atoms with Crippen LogP contribution in [0.5, 0.6) is 17.2 Å². The maximum absolute atomic E-state index is 13.3. The molecule has 0 aliphatic carbocycles. The molecule has 30 heavy (non-hydrogen) atoms. The normalized spacial score (nSPS) is 16.6. The van der Waals surface area contributed by atoms with Gasteiger partial charge < -0.3 is 14.6 Å². The molecule has 0 amide bonds. The molecule has 7 nitrogen and oxygen atoms in total. The van der Waals surface area contributed by atoms with Crippen molar-refractivity contribution in [3.8, 4) is 17.2 Å². The number of hydrogen-bond donors (Lipinski definition) is 1. The van der Waals surface area contributed by atoms with Crippen LogP contribution in [-0.2, 0) is 0 Å². The summed E-state index contributed by atoms with van der Waals surface area (Å²) < 4.78 is 11.2. The number of Topliss-reactive ketones (excluding diaryl/α,β-unsaturated/α-hetero) is 1. The second kappa shape index (κ2) is 7.71. The topological polar surface area (TPSA) is 98.9 Å². The third-order valence-corrected chi connectivity index (χ3v) is 4.82. The first-order valence-corrected chi connectivity index (χ1v) is 9.10. The van der Waals surface area contributed by atoms with Gasteiger partial charge in [-0.1, -0.05) is 24.3 Å². The van der Waals surface area contributed by atoms with Crippen molar-refractivity contribution in [2.24, 2.45) is 0 Å². The lowest BCUT2D eigenvalue weighted by molar-refractivity contribution is -0.385. The number of fused-ring (bicyclic) bond motifs is 1. The smallest absolute Gasteiger partial charge is 0.269 e. The number of benzene rings is 3. The van der Waals surface area contributed by atoms with Crippen molar-refractivity contribution < 1.29 is 24.3 Å². The van der Waals surface area contributed by atoms with Gasteiger partial charge in [0.25, 0.3) is 5.69 Å². The first-order chi connectivity index (χ1) is 14.5. The van der Waals surface area contributed by atoms with E-state index in [0.29, 0.717) is 22.6 Å². The number of nitro benzene ring substituents is 1. The molecule has 1 aliphatic heterocycles. The summed E-state index contributed by atoms with van der Waals surface area (Å²) in [5.74, 6) is 0.609. The predicted molar refractivity (Wildman–Crippen MR) is 110 cm³/mol. The van der Waals surface area contributed by atoms with E-state index in [1.54, 1.807) is 49.6 Å². The second-order valence-corrected chi connectivity index (χ2v) is 6.73. The average Bonchev–Trinajstić information content (AvgIpc) is 2.76. The number of ketones is 1. The van der Waals surface area contributed by atoms with E-state index >= 15 is 0 Å². The molecule has 0 fully saturated rings. The summed E-state index contributed by atoms with van der Waals surface area (Å²) >= 11 is 0. The highest BCUT2D eigenvalue weighted by atomic mass is 16.6. The molecule has 1 N–H and O–H groups in total. The fourth-order valence-electron chi connectivity index (χ4n) is 3.33. The fourth-order valence-corrected chi connectivity index (χ4v) is 3.33. The molecule has 7 heteroatoms. The lowest BCUT2D eigenvalue weighted by Gasteiger charge is -2.28. The second-order valence-electron chi connectivity index (χ2n) is 6.73. The van der Waals surface area contributed by atoms with Crippen LogP contribution in [0.4, 0.5) is 5.69 Å². The van der Waals surface area contributed by atoms with E-state index in [2.05, 4.69) is 0 Å². The van der Waals surface area contributed by atoms with E-state index in [1.165, 1.54) is 30.3 Å². The van der Waals surface area contributed by atoms with E-state index < -0.39 is 11.0 Å². The Hall–Kier alpha value is -4.13. The maximum Gasteiger partial charge on any atom is 0.269 e. The quantitative estimate of drug-likeness (QED) is 0.385. The first kappa shape index (κ1) is 19.2. The van der Waals surface area contributed by atoms with Crippen LogP contribution in [0.15, 0.2) is 72.3 Å². The minimum absolute atomic E-state index is 0.0525. The molecule has 3 aromatic rings. The lowest BCUT2D eigenvalue weighted by Crippen LogP contribution is -2.23. The summed E-state index contributed by atoms with van der Waals surface area (Å²) in [6, 6.07) is 17.4. The number of hydrogen-bond acceptors (Lipinski definition) is 6. The monoisotopic (exact) mass is 403 g/mol. The molecule has 1 heterocycles. The summed E-state index contributed by atoms with van der Waals surface area (Å²) in [4.78, 5) is 24.0. The Labute approximate surface area is 172 Å². The third kappa shape index (κ3) is 3.60. The third-order valence-electron chi connectivity index (χ3n) is 4.82. The van der Waals surface area contributed by atoms with Gasteiger partial charge in [-0.05, 0) is 42.0 Å². The molecule has 3 aromatic carbocycles. The van der Waals surface area contributed by atoms with Gasteiger partial charge in [0.2, 0.25) is 0 Å². The number of rotatable bonds is 4. The van der Waals surface area contributed by atoms with Crippen LogP contribution >= 0.6 is 0 Å². The van der Waals surface area contributed by atoms with Crippen molar-refractivity contribution in [3.63, 3.8) is 0 Å². The fraction of sp³-hybridized carbons (Fsp3) is 0.0870. The van der Waals surface area contributed by atoms with Gasteiger partial charge in [-0.2, -0.15) is 0 Å². The molecular weight excluding hydrogens is 386 g/mol. The first-order valence-electron chi connectivity index (χ1n) is 9.10. The summed E-state index contributed by atoms with van der Waals surface area (Å²) in [5.41, 5.74) is 1.66. The predicted octanol–water partition coefficient (Wildman–Crippen LogP) is 4.71. The molecule has 1 unspecified atom stereocenters. The van der Waals surface area contributed by atoms with Gasteiger partial charge in [0.15, 0.2) is 11.9 Å². The van der Waals surface area contributed by atoms with Crippen LogP contribution < -0.4 is 9.47 Å². The number of phenolic OH excluding ortho intramolecular Hbond substituents is 1. The van der Waals surface area contributed by atoms with Gasteiger partial charge in [-0.3, -0.25) is 14.9 Å². The number of ether oxygens (including phenoxy) is 2. The van der Waals surface area contributed by atoms with Crippen molar-refractivity contribution in [1.82, 2.24) is 0 Å². The largest absolute Gasteiger partial charge is 0.508 e. The molecule has 0 saturated carbocycles. The number of phenols is 1. The Bertz CT molecular complexity index is 1170. The Balaban J connectivity index is 1.85. The molecule has 0 aromatic heterocycles. The molecule has 0 bridgehead atoms. The molecule has 150 valence electrons. The molecule has 1 atom stereocenters. The van der Waals surface area contributed by atoms with Gasteiger partial charge in [0, 0.05) is 23.3 Å². The van der Waals surface area contributed by atoms with E-state index in [1.807, 2.05) is 0 Å². The van der Waals surface area contributed by atoms with Gasteiger partial charge in [-0.25, -0.2) is 0 Å². The summed E-state index contributed by atoms with van der Waals surface area (Å²) in [6.45, 7) is 0. The number of non-ortho nitro benzene ring substituents is 1. The van der Waals surface area contributed by atoms with Crippen molar-refractivity contribution in [1.29, 1.82) is 0 Å². The Morgan fingerprint density at radius 1 is 1.10 bits per heavy atom. The van der Waals surface area contributed by atoms with E-state index in [0.717, 1.165) is 5.56 Å². The number of aromatic hydroxyl groups is 1. The van der Waals surface area contributed by atoms with Gasteiger partial charge in [-0.15, -0.1) is 0 Å². The van der Waals surface area contributed by atoms with Crippen molar-refractivity contribution in [2.45, 2.75) is 6.10 Å². The summed E-state index contributed by atoms with van der Waals surface area (Å²) in [6.07, 6.45) is 0.842. The van der Waals surface area contributed by atoms with Crippen LogP contribution in [0, 0.1) is 10.1 Å². The van der Waals surface area contributed by atoms with E-state index in [4.69, 9.17) is 9.47 Å². The SMILES string of the molecule is COc1ccc(C=C2C(=O)c3cc(O)ccc3OC2c2cccc([N+](=O)[O-])c2)cc1. The maximum atomic E-state index is 13.3. The Kier molecular flexibility index (Phi) is 4.93. The molecule has 1 aliphatic rings. The highest BCUT2D eigenvalue weighted by Crippen LogP contribution is 2.41. The highest BCUT2D eigenvalue weighted by molar-refractivity contribution is 6.14. The summed E-state index contributed by atoms with van der Waals surface area (Å²) in [5, 5.41) is 21.0. The van der Waals surface area contributed by atoms with Crippen molar-refractivity contribution in [2.75, 3.05) is 7.11 Å². The number of carbonyl (C=O) groups excluding carboxylic acids is 1. The number of nitrogens with zero attached hydrogens (tertiary/aromatic N) is 1. The van der Waals surface area contributed by atoms with Crippen LogP contribution in [0.2, 0.25) is 0 Å². The van der Waals surface area contributed by atoms with Crippen LogP contribution in [0.25, 0.3) is 6.08 Å². The Morgan fingerprint density at radius 3 is 2.57 bits per heavy atom. The number of methoxy groups -OCH3 is 1. The minimum atomic E-state index is -0.837. The Morgan fingerprint density at radius 2 is 1.87 bits per heavy atom. The zero-order valence-corrected chi connectivity index (χ0v) is 15.9. The average molecular weight is 403 g/mol. The standard InChI is InChI=1S/C23H17NO6/c1-29-18-8-5-14(6-9-18)11-20-22(26)19-13-17(25)7-10-21(19)30-23(20)15-3-2-4-16(12-15)24(27)28/h2-13,23,25H,1H3. The zero-order valence-electron chi connectivity index (χ0n) is 15.9. The van der Waals surface area contributed by atoms with Gasteiger partial charge in [0.05, 0.1) is 17.6 Å². The van der Waals surface area contributed by atoms with E-state index in [-0.39, 0.29) is 22.8 Å². The number of nitro groups is 1. The summed E-state index contributed by atoms with van der Waals surface area (Å²) in [7, 11) is 1.56. The van der Waals surface area contributed by atoms with Crippen LogP contribution in [0.3, 0.4) is 0 Å². The van der Waals surface area contributed by atoms with Crippen LogP contribution in [0.1, 0.15) is 27.6 Å². The molecular formula is C23H17NO6. The van der Waals surface area contributed by atoms with Crippen LogP contribution in [-0.4, -0.2) is 22.9 Å².